The Morgan fingerprint density at radius 3 is 2.43 bits per heavy atom. The van der Waals surface area contributed by atoms with Gasteiger partial charge in [-0.05, 0) is 49.6 Å². The van der Waals surface area contributed by atoms with Gasteiger partial charge >= 0.3 is 5.97 Å². The molecule has 0 aliphatic heterocycles. The van der Waals surface area contributed by atoms with Crippen molar-refractivity contribution in [1.29, 1.82) is 0 Å². The Bertz CT molecular complexity index is 848. The topological polar surface area (TPSA) is 97.6 Å². The third-order valence-corrected chi connectivity index (χ3v) is 4.05. The van der Waals surface area contributed by atoms with Gasteiger partial charge in [0.1, 0.15) is 11.9 Å². The molecule has 1 aromatic heterocycles. The van der Waals surface area contributed by atoms with Crippen molar-refractivity contribution >= 4 is 23.5 Å². The fourth-order valence-corrected chi connectivity index (χ4v) is 2.33. The Morgan fingerprint density at radius 1 is 1.14 bits per heavy atom. The molecule has 0 unspecified atom stereocenters. The van der Waals surface area contributed by atoms with E-state index in [9.17, 15) is 18.8 Å². The number of ether oxygens (including phenoxy) is 1. The summed E-state index contributed by atoms with van der Waals surface area (Å²) in [7, 11) is 0. The third-order valence-electron chi connectivity index (χ3n) is 4.05. The number of rotatable bonds is 7. The number of hydrogen-bond acceptors (Lipinski definition) is 5. The summed E-state index contributed by atoms with van der Waals surface area (Å²) in [5.41, 5.74) is 0.701. The van der Waals surface area contributed by atoms with Gasteiger partial charge in [-0.25, -0.2) is 9.18 Å². The maximum Gasteiger partial charge on any atom is 0.329 e. The van der Waals surface area contributed by atoms with Crippen LogP contribution < -0.4 is 10.6 Å². The second-order valence-corrected chi connectivity index (χ2v) is 6.70. The Hall–Kier alpha value is -3.16. The molecular weight excluding hydrogens is 367 g/mol. The van der Waals surface area contributed by atoms with Gasteiger partial charge in [0.2, 0.25) is 0 Å². The number of anilines is 1. The van der Waals surface area contributed by atoms with Crippen LogP contribution in [-0.2, 0) is 14.3 Å². The fraction of sp³-hybridized carbons (Fsp3) is 0.350. The monoisotopic (exact) mass is 390 g/mol. The zero-order valence-corrected chi connectivity index (χ0v) is 16.1. The summed E-state index contributed by atoms with van der Waals surface area (Å²) in [6.07, 6.45) is 0.205. The zero-order valence-electron chi connectivity index (χ0n) is 16.1. The van der Waals surface area contributed by atoms with Crippen LogP contribution in [0.25, 0.3) is 0 Å². The summed E-state index contributed by atoms with van der Waals surface area (Å²) in [5.74, 6) is -2.61. The summed E-state index contributed by atoms with van der Waals surface area (Å²) < 4.78 is 23.8. The lowest BCUT2D eigenvalue weighted by molar-refractivity contribution is -0.156. The zero-order chi connectivity index (χ0) is 20.8. The van der Waals surface area contributed by atoms with E-state index < -0.39 is 35.7 Å². The molecule has 150 valence electrons. The van der Waals surface area contributed by atoms with E-state index in [1.807, 2.05) is 0 Å². The van der Waals surface area contributed by atoms with Crippen LogP contribution in [0.4, 0.5) is 10.1 Å². The molecule has 2 aromatic rings. The summed E-state index contributed by atoms with van der Waals surface area (Å²) in [4.78, 5) is 36.8. The molecule has 0 saturated heterocycles. The first-order valence-corrected chi connectivity index (χ1v) is 8.81. The third kappa shape index (κ3) is 5.42. The molecular formula is C20H23FN2O5. The SMILES string of the molecule is Cc1ccc(NC(=O)[C@@H](C)OC(=O)[C@@H](NC(=O)c2ccco2)C(C)C)cc1F. The molecule has 2 rings (SSSR count). The van der Waals surface area contributed by atoms with Crippen LogP contribution in [0.15, 0.2) is 41.0 Å². The average molecular weight is 390 g/mol. The minimum Gasteiger partial charge on any atom is -0.459 e. The van der Waals surface area contributed by atoms with Crippen LogP contribution in [0.1, 0.15) is 36.9 Å². The number of furan rings is 1. The molecule has 8 heteroatoms. The number of aryl methyl sites for hydroxylation is 1. The molecule has 28 heavy (non-hydrogen) atoms. The quantitative estimate of drug-likeness (QED) is 0.708. The van der Waals surface area contributed by atoms with Gasteiger partial charge in [-0.3, -0.25) is 9.59 Å². The van der Waals surface area contributed by atoms with E-state index in [0.29, 0.717) is 5.56 Å². The smallest absolute Gasteiger partial charge is 0.329 e. The van der Waals surface area contributed by atoms with E-state index in [1.165, 1.54) is 31.4 Å². The summed E-state index contributed by atoms with van der Waals surface area (Å²) in [6, 6.07) is 6.31. The predicted molar refractivity (Wildman–Crippen MR) is 100 cm³/mol. The highest BCUT2D eigenvalue weighted by molar-refractivity contribution is 5.97. The highest BCUT2D eigenvalue weighted by atomic mass is 19.1. The van der Waals surface area contributed by atoms with E-state index in [-0.39, 0.29) is 17.4 Å². The second kappa shape index (κ2) is 9.16. The standard InChI is InChI=1S/C20H23FN2O5/c1-11(2)17(23-19(25)16-6-5-9-27-16)20(26)28-13(4)18(24)22-14-8-7-12(3)15(21)10-14/h5-11,13,17H,1-4H3,(H,22,24)(H,23,25)/t13-,17+/m1/s1. The Labute approximate surface area is 162 Å². The van der Waals surface area contributed by atoms with Crippen molar-refractivity contribution in [1.82, 2.24) is 5.32 Å². The number of carbonyl (C=O) groups excluding carboxylic acids is 3. The summed E-state index contributed by atoms with van der Waals surface area (Å²) >= 11 is 0. The maximum absolute atomic E-state index is 13.6. The van der Waals surface area contributed by atoms with E-state index in [2.05, 4.69) is 10.6 Å². The van der Waals surface area contributed by atoms with Crippen molar-refractivity contribution in [2.75, 3.05) is 5.32 Å². The number of amides is 2. The van der Waals surface area contributed by atoms with Crippen LogP contribution in [0, 0.1) is 18.7 Å². The van der Waals surface area contributed by atoms with Crippen LogP contribution >= 0.6 is 0 Å². The van der Waals surface area contributed by atoms with Crippen molar-refractivity contribution in [3.63, 3.8) is 0 Å². The van der Waals surface area contributed by atoms with E-state index in [0.717, 1.165) is 0 Å². The molecule has 1 aromatic carbocycles. The highest BCUT2D eigenvalue weighted by Gasteiger charge is 2.29. The first-order chi connectivity index (χ1) is 13.2. The molecule has 0 spiro atoms. The van der Waals surface area contributed by atoms with Gasteiger partial charge in [0, 0.05) is 5.69 Å². The fourth-order valence-electron chi connectivity index (χ4n) is 2.33. The Kier molecular flexibility index (Phi) is 6.92. The molecule has 0 bridgehead atoms. The van der Waals surface area contributed by atoms with E-state index in [4.69, 9.17) is 9.15 Å². The van der Waals surface area contributed by atoms with Gasteiger partial charge in [-0.2, -0.15) is 0 Å². The molecule has 0 radical (unpaired) electrons. The van der Waals surface area contributed by atoms with Crippen LogP contribution in [0.3, 0.4) is 0 Å². The molecule has 0 aliphatic carbocycles. The van der Waals surface area contributed by atoms with Crippen LogP contribution in [0.2, 0.25) is 0 Å². The molecule has 0 fully saturated rings. The minimum atomic E-state index is -1.14. The number of hydrogen-bond donors (Lipinski definition) is 2. The average Bonchev–Trinajstić information content (AvgIpc) is 3.16. The first kappa shape index (κ1) is 21.1. The van der Waals surface area contributed by atoms with Gasteiger partial charge in [0.05, 0.1) is 6.26 Å². The van der Waals surface area contributed by atoms with Crippen molar-refractivity contribution in [3.8, 4) is 0 Å². The Morgan fingerprint density at radius 2 is 1.86 bits per heavy atom. The van der Waals surface area contributed by atoms with Gasteiger partial charge in [-0.1, -0.05) is 19.9 Å². The molecule has 2 atom stereocenters. The molecule has 2 amide bonds. The molecule has 0 aliphatic rings. The lowest BCUT2D eigenvalue weighted by atomic mass is 10.0. The summed E-state index contributed by atoms with van der Waals surface area (Å²) in [5, 5.41) is 5.03. The number of halogens is 1. The van der Waals surface area contributed by atoms with Crippen molar-refractivity contribution in [2.24, 2.45) is 5.92 Å². The number of benzene rings is 1. The lowest BCUT2D eigenvalue weighted by Gasteiger charge is -2.22. The molecule has 0 saturated carbocycles. The van der Waals surface area contributed by atoms with Crippen LogP contribution in [0.5, 0.6) is 0 Å². The van der Waals surface area contributed by atoms with Crippen molar-refractivity contribution < 1.29 is 27.9 Å². The summed E-state index contributed by atoms with van der Waals surface area (Å²) in [6.45, 7) is 6.46. The Balaban J connectivity index is 1.98. The van der Waals surface area contributed by atoms with Gasteiger partial charge < -0.3 is 19.8 Å². The van der Waals surface area contributed by atoms with Crippen molar-refractivity contribution in [3.05, 3.63) is 53.7 Å². The van der Waals surface area contributed by atoms with Crippen LogP contribution in [-0.4, -0.2) is 29.9 Å². The number of esters is 1. The van der Waals surface area contributed by atoms with Gasteiger partial charge in [-0.15, -0.1) is 0 Å². The van der Waals surface area contributed by atoms with Gasteiger partial charge in [0.25, 0.3) is 11.8 Å². The minimum absolute atomic E-state index is 0.0608. The second-order valence-electron chi connectivity index (χ2n) is 6.70. The van der Waals surface area contributed by atoms with Gasteiger partial charge in [0.15, 0.2) is 11.9 Å². The largest absolute Gasteiger partial charge is 0.459 e. The first-order valence-electron chi connectivity index (χ1n) is 8.81. The number of carbonyl (C=O) groups is 3. The van der Waals surface area contributed by atoms with Crippen molar-refractivity contribution in [2.45, 2.75) is 39.8 Å². The lowest BCUT2D eigenvalue weighted by Crippen LogP contribution is -2.47. The molecule has 1 heterocycles. The predicted octanol–water partition coefficient (Wildman–Crippen LogP) is 3.05. The maximum atomic E-state index is 13.6. The molecule has 7 nitrogen and oxygen atoms in total. The normalized spacial score (nSPS) is 12.9. The van der Waals surface area contributed by atoms with E-state index >= 15 is 0 Å². The highest BCUT2D eigenvalue weighted by Crippen LogP contribution is 2.15. The molecule has 2 N–H and O–H groups in total. The number of nitrogens with one attached hydrogen (secondary N) is 2. The van der Waals surface area contributed by atoms with E-state index in [1.54, 1.807) is 32.9 Å².